The molecule has 0 fully saturated rings. The summed E-state index contributed by atoms with van der Waals surface area (Å²) in [5.74, 6) is -0.536. The molecule has 2 heterocycles. The maximum absolute atomic E-state index is 12.5. The second-order valence-electron chi connectivity index (χ2n) is 7.57. The highest BCUT2D eigenvalue weighted by molar-refractivity contribution is 6.36. The van der Waals surface area contributed by atoms with Crippen LogP contribution in [0, 0.1) is 0 Å². The van der Waals surface area contributed by atoms with Gasteiger partial charge in [-0.05, 0) is 39.0 Å². The van der Waals surface area contributed by atoms with Gasteiger partial charge in [-0.25, -0.2) is 0 Å². The molecular weight excluding hydrogens is 387 g/mol. The van der Waals surface area contributed by atoms with Crippen molar-refractivity contribution in [3.8, 4) is 0 Å². The molecule has 27 heavy (non-hydrogen) atoms. The van der Waals surface area contributed by atoms with Crippen LogP contribution in [0.2, 0.25) is 10.0 Å². The fraction of sp³-hybridized carbons (Fsp3) is 0.421. The summed E-state index contributed by atoms with van der Waals surface area (Å²) < 4.78 is 2.02. The lowest BCUT2D eigenvalue weighted by Gasteiger charge is -2.30. The average molecular weight is 409 g/mol. The first-order valence-electron chi connectivity index (χ1n) is 8.74. The van der Waals surface area contributed by atoms with E-state index in [-0.39, 0.29) is 23.0 Å². The minimum atomic E-state index is -0.400. The second-order valence-corrected chi connectivity index (χ2v) is 8.41. The molecule has 0 saturated heterocycles. The van der Waals surface area contributed by atoms with Gasteiger partial charge in [0.15, 0.2) is 0 Å². The zero-order valence-electron chi connectivity index (χ0n) is 15.6. The molecule has 1 aliphatic heterocycles. The molecule has 0 aliphatic carbocycles. The molecule has 0 bridgehead atoms. The van der Waals surface area contributed by atoms with Gasteiger partial charge in [0.25, 0.3) is 5.91 Å². The van der Waals surface area contributed by atoms with Crippen LogP contribution < -0.4 is 5.32 Å². The lowest BCUT2D eigenvalue weighted by atomic mass is 10.0. The number of hydrogen-bond acceptors (Lipinski definition) is 3. The number of nitrogens with one attached hydrogen (secondary N) is 1. The number of rotatable bonds is 3. The summed E-state index contributed by atoms with van der Waals surface area (Å²) in [4.78, 5) is 26.5. The first kappa shape index (κ1) is 19.7. The van der Waals surface area contributed by atoms with Crippen molar-refractivity contribution in [3.63, 3.8) is 0 Å². The minimum absolute atomic E-state index is 0.0828. The van der Waals surface area contributed by atoms with E-state index in [4.69, 9.17) is 23.2 Å². The van der Waals surface area contributed by atoms with E-state index < -0.39 is 5.91 Å². The Bertz CT molecular complexity index is 886. The molecule has 0 spiro atoms. The van der Waals surface area contributed by atoms with Gasteiger partial charge in [0, 0.05) is 35.8 Å². The molecule has 2 aromatic rings. The van der Waals surface area contributed by atoms with Gasteiger partial charge in [-0.15, -0.1) is 0 Å². The number of hydrogen-bond donors (Lipinski definition) is 1. The lowest BCUT2D eigenvalue weighted by molar-refractivity contribution is -0.131. The lowest BCUT2D eigenvalue weighted by Crippen LogP contribution is -2.43. The van der Waals surface area contributed by atoms with Gasteiger partial charge in [-0.3, -0.25) is 14.3 Å². The number of benzene rings is 1. The smallest absolute Gasteiger partial charge is 0.253 e. The number of carbonyl (C=O) groups is 2. The van der Waals surface area contributed by atoms with Crippen LogP contribution in [0.15, 0.2) is 24.4 Å². The van der Waals surface area contributed by atoms with E-state index in [1.54, 1.807) is 17.0 Å². The van der Waals surface area contributed by atoms with Crippen LogP contribution in [-0.4, -0.2) is 39.6 Å². The van der Waals surface area contributed by atoms with E-state index in [1.807, 2.05) is 10.9 Å². The zero-order chi connectivity index (χ0) is 19.8. The molecule has 0 radical (unpaired) electrons. The van der Waals surface area contributed by atoms with Crippen molar-refractivity contribution in [3.05, 3.63) is 51.3 Å². The average Bonchev–Trinajstić information content (AvgIpc) is 3.02. The van der Waals surface area contributed by atoms with Crippen LogP contribution in [0.1, 0.15) is 42.4 Å². The topological polar surface area (TPSA) is 67.2 Å². The van der Waals surface area contributed by atoms with Crippen LogP contribution in [0.4, 0.5) is 0 Å². The Labute approximate surface area is 168 Å². The molecule has 144 valence electrons. The van der Waals surface area contributed by atoms with Crippen molar-refractivity contribution >= 4 is 35.0 Å². The molecule has 0 atom stereocenters. The molecule has 0 unspecified atom stereocenters. The largest absolute Gasteiger partial charge is 0.343 e. The standard InChI is InChI=1S/C19H22Cl2N4O2/c1-19(2,3)25-16-6-7-24(11-12(16)9-23-25)17(26)10-22-18(27)14-5-4-13(20)8-15(14)21/h4-5,8-9H,6-7,10-11H2,1-3H3,(H,22,27). The third-order valence-electron chi connectivity index (χ3n) is 4.50. The zero-order valence-corrected chi connectivity index (χ0v) is 17.1. The summed E-state index contributed by atoms with van der Waals surface area (Å²) in [5, 5.41) is 7.81. The molecular formula is C19H22Cl2N4O2. The van der Waals surface area contributed by atoms with Gasteiger partial charge >= 0.3 is 0 Å². The summed E-state index contributed by atoms with van der Waals surface area (Å²) in [6.07, 6.45) is 2.57. The Kier molecular flexibility index (Phi) is 5.49. The van der Waals surface area contributed by atoms with Crippen LogP contribution in [-0.2, 0) is 23.3 Å². The Morgan fingerprint density at radius 3 is 2.67 bits per heavy atom. The molecule has 2 amide bonds. The Morgan fingerprint density at radius 2 is 2.00 bits per heavy atom. The summed E-state index contributed by atoms with van der Waals surface area (Å²) in [6.45, 7) is 7.34. The molecule has 0 saturated carbocycles. The molecule has 1 aromatic heterocycles. The van der Waals surface area contributed by atoms with Crippen molar-refractivity contribution in [2.45, 2.75) is 39.3 Å². The first-order chi connectivity index (χ1) is 12.7. The van der Waals surface area contributed by atoms with Gasteiger partial charge in [-0.1, -0.05) is 23.2 Å². The quantitative estimate of drug-likeness (QED) is 0.846. The van der Waals surface area contributed by atoms with Gasteiger partial charge in [0.1, 0.15) is 0 Å². The predicted molar refractivity (Wildman–Crippen MR) is 105 cm³/mol. The van der Waals surface area contributed by atoms with Crippen LogP contribution in [0.3, 0.4) is 0 Å². The van der Waals surface area contributed by atoms with Gasteiger partial charge < -0.3 is 10.2 Å². The van der Waals surface area contributed by atoms with Crippen molar-refractivity contribution < 1.29 is 9.59 Å². The number of carbonyl (C=O) groups excluding carboxylic acids is 2. The summed E-state index contributed by atoms with van der Waals surface area (Å²) in [7, 11) is 0. The van der Waals surface area contributed by atoms with Gasteiger partial charge in [-0.2, -0.15) is 5.10 Å². The highest BCUT2D eigenvalue weighted by atomic mass is 35.5. The first-order valence-corrected chi connectivity index (χ1v) is 9.49. The number of amides is 2. The molecule has 8 heteroatoms. The van der Waals surface area contributed by atoms with E-state index in [2.05, 4.69) is 31.2 Å². The molecule has 1 aliphatic rings. The summed E-state index contributed by atoms with van der Waals surface area (Å²) in [6, 6.07) is 4.63. The van der Waals surface area contributed by atoms with E-state index in [0.717, 1.165) is 12.0 Å². The highest BCUT2D eigenvalue weighted by Gasteiger charge is 2.27. The third kappa shape index (κ3) is 4.28. The molecule has 6 nitrogen and oxygen atoms in total. The van der Waals surface area contributed by atoms with Crippen molar-refractivity contribution in [2.75, 3.05) is 13.1 Å². The van der Waals surface area contributed by atoms with E-state index in [0.29, 0.717) is 23.7 Å². The number of nitrogens with zero attached hydrogens (tertiary/aromatic N) is 3. The molecule has 1 N–H and O–H groups in total. The number of halogens is 2. The molecule has 1 aromatic carbocycles. The SMILES string of the molecule is CC(C)(C)n1ncc2c1CCN(C(=O)CNC(=O)c1ccc(Cl)cc1Cl)C2. The Hall–Kier alpha value is -2.05. The van der Waals surface area contributed by atoms with Crippen molar-refractivity contribution in [1.29, 1.82) is 0 Å². The second kappa shape index (κ2) is 7.52. The fourth-order valence-corrected chi connectivity index (χ4v) is 3.65. The van der Waals surface area contributed by atoms with Crippen LogP contribution >= 0.6 is 23.2 Å². The van der Waals surface area contributed by atoms with E-state index in [9.17, 15) is 9.59 Å². The maximum Gasteiger partial charge on any atom is 0.253 e. The van der Waals surface area contributed by atoms with E-state index >= 15 is 0 Å². The number of aromatic nitrogens is 2. The van der Waals surface area contributed by atoms with Gasteiger partial charge in [0.05, 0.1) is 28.9 Å². The highest BCUT2D eigenvalue weighted by Crippen LogP contribution is 2.24. The Morgan fingerprint density at radius 1 is 1.26 bits per heavy atom. The fourth-order valence-electron chi connectivity index (χ4n) is 3.16. The third-order valence-corrected chi connectivity index (χ3v) is 5.05. The van der Waals surface area contributed by atoms with Gasteiger partial charge in [0.2, 0.25) is 5.91 Å². The van der Waals surface area contributed by atoms with Crippen molar-refractivity contribution in [1.82, 2.24) is 20.0 Å². The normalized spacial score (nSPS) is 14.0. The number of fused-ring (bicyclic) bond motifs is 1. The van der Waals surface area contributed by atoms with Crippen LogP contribution in [0.25, 0.3) is 0 Å². The predicted octanol–water partition coefficient (Wildman–Crippen LogP) is 3.26. The van der Waals surface area contributed by atoms with Crippen LogP contribution in [0.5, 0.6) is 0 Å². The minimum Gasteiger partial charge on any atom is -0.343 e. The maximum atomic E-state index is 12.5. The summed E-state index contributed by atoms with van der Waals surface area (Å²) >= 11 is 11.9. The Balaban J connectivity index is 1.61. The van der Waals surface area contributed by atoms with E-state index in [1.165, 1.54) is 11.8 Å². The van der Waals surface area contributed by atoms with Crippen molar-refractivity contribution in [2.24, 2.45) is 0 Å². The monoisotopic (exact) mass is 408 g/mol. The molecule has 3 rings (SSSR count). The summed E-state index contributed by atoms with van der Waals surface area (Å²) in [5.41, 5.74) is 2.42.